The number of hydrogen-bond acceptors (Lipinski definition) is 5. The fraction of sp³-hybridized carbons (Fsp3) is 0.462. The van der Waals surface area contributed by atoms with E-state index in [-0.39, 0.29) is 0 Å². The van der Waals surface area contributed by atoms with Gasteiger partial charge in [0.15, 0.2) is 0 Å². The highest BCUT2D eigenvalue weighted by Gasteiger charge is 2.07. The normalized spacial score (nSPS) is 10.6. The van der Waals surface area contributed by atoms with E-state index in [1.165, 1.54) is 0 Å². The molecule has 6 nitrogen and oxygen atoms in total. The summed E-state index contributed by atoms with van der Waals surface area (Å²) in [4.78, 5) is 8.68. The smallest absolute Gasteiger partial charge is 0.224 e. The van der Waals surface area contributed by atoms with Crippen LogP contribution in [0.4, 0.5) is 11.8 Å². The van der Waals surface area contributed by atoms with Crippen LogP contribution < -0.4 is 10.6 Å². The van der Waals surface area contributed by atoms with Crippen LogP contribution in [0.3, 0.4) is 0 Å². The van der Waals surface area contributed by atoms with Crippen molar-refractivity contribution in [3.05, 3.63) is 28.1 Å². The molecule has 0 aliphatic carbocycles. The van der Waals surface area contributed by atoms with Crippen LogP contribution in [0, 0.1) is 6.92 Å². The van der Waals surface area contributed by atoms with E-state index in [0.29, 0.717) is 12.5 Å². The number of nitrogens with one attached hydrogen (secondary N) is 2. The highest BCUT2D eigenvalue weighted by molar-refractivity contribution is 9.10. The van der Waals surface area contributed by atoms with E-state index in [1.807, 2.05) is 24.9 Å². The molecule has 0 amide bonds. The molecule has 0 aliphatic heterocycles. The number of hydrogen-bond donors (Lipinski definition) is 2. The molecule has 0 bridgehead atoms. The topological polar surface area (TPSA) is 67.7 Å². The Balaban J connectivity index is 2.06. The summed E-state index contributed by atoms with van der Waals surface area (Å²) in [5.74, 6) is 1.42. The van der Waals surface area contributed by atoms with Gasteiger partial charge in [-0.2, -0.15) is 10.1 Å². The fourth-order valence-corrected chi connectivity index (χ4v) is 2.15. The monoisotopic (exact) mass is 338 g/mol. The molecule has 0 fully saturated rings. The summed E-state index contributed by atoms with van der Waals surface area (Å²) in [6, 6.07) is 0. The third-order valence-electron chi connectivity index (χ3n) is 2.84. The van der Waals surface area contributed by atoms with E-state index >= 15 is 0 Å². The van der Waals surface area contributed by atoms with Crippen molar-refractivity contribution in [1.29, 1.82) is 0 Å². The van der Waals surface area contributed by atoms with Crippen LogP contribution >= 0.6 is 15.9 Å². The lowest BCUT2D eigenvalue weighted by Crippen LogP contribution is -2.08. The molecule has 0 saturated heterocycles. The van der Waals surface area contributed by atoms with Crippen molar-refractivity contribution in [3.8, 4) is 0 Å². The van der Waals surface area contributed by atoms with Crippen molar-refractivity contribution in [1.82, 2.24) is 19.7 Å². The van der Waals surface area contributed by atoms with E-state index in [2.05, 4.69) is 48.6 Å². The van der Waals surface area contributed by atoms with E-state index in [9.17, 15) is 0 Å². The Morgan fingerprint density at radius 2 is 2.15 bits per heavy atom. The molecule has 0 spiro atoms. The Morgan fingerprint density at radius 1 is 1.35 bits per heavy atom. The lowest BCUT2D eigenvalue weighted by Gasteiger charge is -2.09. The molecule has 20 heavy (non-hydrogen) atoms. The van der Waals surface area contributed by atoms with Crippen LogP contribution in [0.2, 0.25) is 0 Å². The molecule has 108 valence electrons. The van der Waals surface area contributed by atoms with Gasteiger partial charge in [-0.15, -0.1) is 0 Å². The zero-order chi connectivity index (χ0) is 14.5. The summed E-state index contributed by atoms with van der Waals surface area (Å²) in [7, 11) is 1.92. The van der Waals surface area contributed by atoms with Crippen LogP contribution in [0.25, 0.3) is 0 Å². The summed E-state index contributed by atoms with van der Waals surface area (Å²) in [5.41, 5.74) is 2.18. The molecule has 2 rings (SSSR count). The largest absolute Gasteiger partial charge is 0.365 e. The van der Waals surface area contributed by atoms with E-state index in [0.717, 1.165) is 34.5 Å². The molecule has 2 heterocycles. The lowest BCUT2D eigenvalue weighted by molar-refractivity contribution is 0.756. The van der Waals surface area contributed by atoms with Gasteiger partial charge in [0.05, 0.1) is 10.2 Å². The Bertz CT molecular complexity index is 580. The summed E-state index contributed by atoms with van der Waals surface area (Å²) < 4.78 is 2.66. The minimum Gasteiger partial charge on any atom is -0.365 e. The van der Waals surface area contributed by atoms with Gasteiger partial charge in [-0.1, -0.05) is 6.92 Å². The maximum Gasteiger partial charge on any atom is 0.224 e. The Labute approximate surface area is 127 Å². The number of aromatic nitrogens is 4. The zero-order valence-electron chi connectivity index (χ0n) is 11.9. The maximum absolute atomic E-state index is 4.45. The molecule has 2 aromatic rings. The molecule has 2 aromatic heterocycles. The quantitative estimate of drug-likeness (QED) is 0.847. The molecule has 0 unspecified atom stereocenters. The van der Waals surface area contributed by atoms with Gasteiger partial charge in [-0.25, -0.2) is 4.98 Å². The second-order valence-corrected chi connectivity index (χ2v) is 5.44. The minimum absolute atomic E-state index is 0.639. The van der Waals surface area contributed by atoms with E-state index in [1.54, 1.807) is 6.20 Å². The van der Waals surface area contributed by atoms with Crippen molar-refractivity contribution in [2.45, 2.75) is 26.8 Å². The van der Waals surface area contributed by atoms with Gasteiger partial charge in [0.25, 0.3) is 0 Å². The van der Waals surface area contributed by atoms with Crippen LogP contribution in [0.1, 0.15) is 24.6 Å². The molecule has 0 aliphatic rings. The van der Waals surface area contributed by atoms with Gasteiger partial charge in [0.1, 0.15) is 5.82 Å². The van der Waals surface area contributed by atoms with Crippen LogP contribution in [-0.2, 0) is 13.6 Å². The molecule has 2 N–H and O–H groups in total. The Morgan fingerprint density at radius 3 is 2.80 bits per heavy atom. The van der Waals surface area contributed by atoms with E-state index in [4.69, 9.17) is 0 Å². The van der Waals surface area contributed by atoms with Gasteiger partial charge >= 0.3 is 0 Å². The Hall–Kier alpha value is -1.63. The van der Waals surface area contributed by atoms with Crippen molar-refractivity contribution < 1.29 is 0 Å². The second kappa shape index (κ2) is 6.69. The molecule has 0 saturated carbocycles. The summed E-state index contributed by atoms with van der Waals surface area (Å²) >= 11 is 3.46. The van der Waals surface area contributed by atoms with Gasteiger partial charge in [-0.3, -0.25) is 4.68 Å². The SMILES string of the molecule is CCCNc1ncc(Br)c(NCc2cn(C)nc2C)n1. The van der Waals surface area contributed by atoms with Crippen molar-refractivity contribution >= 4 is 27.7 Å². The average Bonchev–Trinajstić information content (AvgIpc) is 2.74. The van der Waals surface area contributed by atoms with E-state index < -0.39 is 0 Å². The molecular formula is C13H19BrN6. The molecule has 7 heteroatoms. The lowest BCUT2D eigenvalue weighted by atomic mass is 10.2. The first-order valence-corrected chi connectivity index (χ1v) is 7.39. The first-order chi connectivity index (χ1) is 9.60. The maximum atomic E-state index is 4.45. The summed E-state index contributed by atoms with van der Waals surface area (Å²) in [6.07, 6.45) is 4.80. The van der Waals surface area contributed by atoms with Gasteiger partial charge in [-0.05, 0) is 29.3 Å². The van der Waals surface area contributed by atoms with Crippen LogP contribution in [0.15, 0.2) is 16.9 Å². The highest BCUT2D eigenvalue weighted by atomic mass is 79.9. The molecule has 0 aromatic carbocycles. The van der Waals surface area contributed by atoms with Crippen molar-refractivity contribution in [3.63, 3.8) is 0 Å². The van der Waals surface area contributed by atoms with Crippen LogP contribution in [0.5, 0.6) is 0 Å². The number of nitrogens with zero attached hydrogens (tertiary/aromatic N) is 4. The average molecular weight is 339 g/mol. The Kier molecular flexibility index (Phi) is 4.94. The highest BCUT2D eigenvalue weighted by Crippen LogP contribution is 2.21. The predicted octanol–water partition coefficient (Wildman–Crippen LogP) is 2.72. The minimum atomic E-state index is 0.639. The second-order valence-electron chi connectivity index (χ2n) is 4.58. The first kappa shape index (κ1) is 14.8. The van der Waals surface area contributed by atoms with Gasteiger partial charge in [0.2, 0.25) is 5.95 Å². The number of rotatable bonds is 6. The fourth-order valence-electron chi connectivity index (χ4n) is 1.81. The third kappa shape index (κ3) is 3.69. The summed E-state index contributed by atoms with van der Waals surface area (Å²) in [6.45, 7) is 5.65. The first-order valence-electron chi connectivity index (χ1n) is 6.59. The standard InChI is InChI=1S/C13H19BrN6/c1-4-5-15-13-17-7-11(14)12(18-13)16-6-10-8-20(3)19-9(10)2/h7-8H,4-6H2,1-3H3,(H2,15,16,17,18). The molecule has 0 radical (unpaired) electrons. The summed E-state index contributed by atoms with van der Waals surface area (Å²) in [5, 5.41) is 10.8. The predicted molar refractivity (Wildman–Crippen MR) is 83.8 cm³/mol. The number of aryl methyl sites for hydroxylation is 2. The number of halogens is 1. The number of anilines is 2. The zero-order valence-corrected chi connectivity index (χ0v) is 13.5. The van der Waals surface area contributed by atoms with Crippen LogP contribution in [-0.4, -0.2) is 26.3 Å². The van der Waals surface area contributed by atoms with Crippen molar-refractivity contribution in [2.75, 3.05) is 17.2 Å². The van der Waals surface area contributed by atoms with Gasteiger partial charge in [0, 0.05) is 38.1 Å². The van der Waals surface area contributed by atoms with Gasteiger partial charge < -0.3 is 10.6 Å². The molecule has 0 atom stereocenters. The third-order valence-corrected chi connectivity index (χ3v) is 3.42. The van der Waals surface area contributed by atoms with Crippen molar-refractivity contribution in [2.24, 2.45) is 7.05 Å². The molecular weight excluding hydrogens is 320 g/mol.